The lowest BCUT2D eigenvalue weighted by molar-refractivity contribution is 0.406. The Morgan fingerprint density at radius 3 is 2.38 bits per heavy atom. The molecule has 0 atom stereocenters. The van der Waals surface area contributed by atoms with Crippen LogP contribution in [0.15, 0.2) is 30.3 Å². The maximum atomic E-state index is 14.0. The summed E-state index contributed by atoms with van der Waals surface area (Å²) in [6, 6.07) is 6.89. The van der Waals surface area contributed by atoms with Crippen molar-refractivity contribution in [1.29, 1.82) is 0 Å². The maximum absolute atomic E-state index is 14.0. The Hall–Kier alpha value is -1.36. The van der Waals surface area contributed by atoms with Gasteiger partial charge in [0.25, 0.3) is 0 Å². The predicted octanol–water partition coefficient (Wildman–Crippen LogP) is 5.17. The van der Waals surface area contributed by atoms with Gasteiger partial charge in [0.05, 0.1) is 5.02 Å². The zero-order chi connectivity index (χ0) is 15.4. The first-order chi connectivity index (χ1) is 10.0. The van der Waals surface area contributed by atoms with Crippen molar-refractivity contribution in [3.8, 4) is 11.5 Å². The fourth-order valence-corrected chi connectivity index (χ4v) is 2.06. The maximum Gasteiger partial charge on any atom is 0.198 e. The lowest BCUT2D eigenvalue weighted by Crippen LogP contribution is -2.12. The van der Waals surface area contributed by atoms with E-state index in [9.17, 15) is 8.78 Å². The molecule has 1 N–H and O–H groups in total. The third-order valence-corrected chi connectivity index (χ3v) is 3.29. The van der Waals surface area contributed by atoms with Gasteiger partial charge < -0.3 is 10.1 Å². The molecule has 0 unspecified atom stereocenters. The fraction of sp³-hybridized carbons (Fsp3) is 0.200. The second-order valence-electron chi connectivity index (χ2n) is 4.35. The SMILES string of the molecule is CCNCc1cc(F)c(Oc2cc(Cl)ccc2Cl)c(F)c1. The van der Waals surface area contributed by atoms with Crippen molar-refractivity contribution >= 4 is 23.2 Å². The Labute approximate surface area is 131 Å². The van der Waals surface area contributed by atoms with E-state index in [-0.39, 0.29) is 10.8 Å². The molecule has 0 aliphatic rings. The molecule has 2 aromatic rings. The van der Waals surface area contributed by atoms with Gasteiger partial charge in [0, 0.05) is 17.6 Å². The van der Waals surface area contributed by atoms with E-state index in [2.05, 4.69) is 5.32 Å². The summed E-state index contributed by atoms with van der Waals surface area (Å²) in [5, 5.41) is 3.57. The molecule has 0 heterocycles. The third kappa shape index (κ3) is 4.06. The van der Waals surface area contributed by atoms with Crippen molar-refractivity contribution in [1.82, 2.24) is 5.32 Å². The highest BCUT2D eigenvalue weighted by atomic mass is 35.5. The fourth-order valence-electron chi connectivity index (χ4n) is 1.75. The molecule has 0 saturated carbocycles. The van der Waals surface area contributed by atoms with Gasteiger partial charge in [-0.3, -0.25) is 0 Å². The van der Waals surface area contributed by atoms with E-state index in [0.717, 1.165) is 0 Å². The summed E-state index contributed by atoms with van der Waals surface area (Å²) in [5.74, 6) is -1.99. The van der Waals surface area contributed by atoms with Crippen LogP contribution in [0.25, 0.3) is 0 Å². The summed E-state index contributed by atoms with van der Waals surface area (Å²) >= 11 is 11.7. The van der Waals surface area contributed by atoms with Crippen LogP contribution in [0.3, 0.4) is 0 Å². The smallest absolute Gasteiger partial charge is 0.198 e. The van der Waals surface area contributed by atoms with E-state index in [0.29, 0.717) is 23.7 Å². The number of ether oxygens (including phenoxy) is 1. The van der Waals surface area contributed by atoms with Crippen LogP contribution < -0.4 is 10.1 Å². The quantitative estimate of drug-likeness (QED) is 0.815. The number of nitrogens with one attached hydrogen (secondary N) is 1. The van der Waals surface area contributed by atoms with Crippen LogP contribution in [0.4, 0.5) is 8.78 Å². The van der Waals surface area contributed by atoms with Gasteiger partial charge in [-0.25, -0.2) is 8.78 Å². The number of benzene rings is 2. The highest BCUT2D eigenvalue weighted by Crippen LogP contribution is 2.34. The molecule has 0 fully saturated rings. The van der Waals surface area contributed by atoms with E-state index in [1.54, 1.807) is 6.07 Å². The van der Waals surface area contributed by atoms with Crippen molar-refractivity contribution in [3.05, 3.63) is 57.6 Å². The molecule has 2 aromatic carbocycles. The molecule has 2 nitrogen and oxygen atoms in total. The molecule has 112 valence electrons. The molecule has 0 spiro atoms. The van der Waals surface area contributed by atoms with Crippen LogP contribution in [0.1, 0.15) is 12.5 Å². The average molecular weight is 332 g/mol. The largest absolute Gasteiger partial charge is 0.450 e. The highest BCUT2D eigenvalue weighted by Gasteiger charge is 2.15. The van der Waals surface area contributed by atoms with Gasteiger partial charge >= 0.3 is 0 Å². The standard InChI is InChI=1S/C15H13Cl2F2NO/c1-2-20-8-9-5-12(18)15(13(19)6-9)21-14-7-10(16)3-4-11(14)17/h3-7,20H,2,8H2,1H3. The van der Waals surface area contributed by atoms with Crippen LogP contribution in [-0.2, 0) is 6.54 Å². The lowest BCUT2D eigenvalue weighted by Gasteiger charge is -2.11. The minimum atomic E-state index is -0.793. The Morgan fingerprint density at radius 1 is 1.10 bits per heavy atom. The van der Waals surface area contributed by atoms with E-state index in [1.165, 1.54) is 24.3 Å². The minimum Gasteiger partial charge on any atom is -0.450 e. The topological polar surface area (TPSA) is 21.3 Å². The molecule has 0 saturated heterocycles. The zero-order valence-corrected chi connectivity index (χ0v) is 12.7. The Kier molecular flexibility index (Phi) is 5.39. The van der Waals surface area contributed by atoms with Gasteiger partial charge in [0.2, 0.25) is 0 Å². The van der Waals surface area contributed by atoms with Gasteiger partial charge in [-0.2, -0.15) is 0 Å². The zero-order valence-electron chi connectivity index (χ0n) is 11.2. The van der Waals surface area contributed by atoms with Crippen LogP contribution >= 0.6 is 23.2 Å². The van der Waals surface area contributed by atoms with Crippen molar-refractivity contribution in [2.45, 2.75) is 13.5 Å². The molecule has 0 aliphatic carbocycles. The van der Waals surface area contributed by atoms with Crippen molar-refractivity contribution in [2.24, 2.45) is 0 Å². The molecule has 6 heteroatoms. The van der Waals surface area contributed by atoms with E-state index < -0.39 is 17.4 Å². The monoisotopic (exact) mass is 331 g/mol. The Morgan fingerprint density at radius 2 is 1.76 bits per heavy atom. The first kappa shape index (κ1) is 16.0. The molecule has 0 bridgehead atoms. The van der Waals surface area contributed by atoms with Crippen molar-refractivity contribution in [2.75, 3.05) is 6.54 Å². The van der Waals surface area contributed by atoms with Crippen LogP contribution in [0, 0.1) is 11.6 Å². The van der Waals surface area contributed by atoms with Crippen LogP contribution in [-0.4, -0.2) is 6.54 Å². The number of rotatable bonds is 5. The second-order valence-corrected chi connectivity index (χ2v) is 5.19. The summed E-state index contributed by atoms with van der Waals surface area (Å²) in [5.41, 5.74) is 0.497. The predicted molar refractivity (Wildman–Crippen MR) is 80.3 cm³/mol. The summed E-state index contributed by atoms with van der Waals surface area (Å²) < 4.78 is 33.2. The molecule has 0 aliphatic heterocycles. The second kappa shape index (κ2) is 7.07. The van der Waals surface area contributed by atoms with Gasteiger partial charge in [-0.15, -0.1) is 0 Å². The summed E-state index contributed by atoms with van der Waals surface area (Å²) in [6.07, 6.45) is 0. The minimum absolute atomic E-state index is 0.0985. The first-order valence-corrected chi connectivity index (χ1v) is 7.08. The molecule has 2 rings (SSSR count). The molecule has 0 radical (unpaired) electrons. The summed E-state index contributed by atoms with van der Waals surface area (Å²) in [6.45, 7) is 2.99. The molecule has 0 amide bonds. The van der Waals surface area contributed by atoms with E-state index >= 15 is 0 Å². The highest BCUT2D eigenvalue weighted by molar-refractivity contribution is 6.34. The first-order valence-electron chi connectivity index (χ1n) is 6.32. The molecular weight excluding hydrogens is 319 g/mol. The summed E-state index contributed by atoms with van der Waals surface area (Å²) in [4.78, 5) is 0. The number of halogens is 4. The Bertz CT molecular complexity index is 627. The van der Waals surface area contributed by atoms with Crippen LogP contribution in [0.2, 0.25) is 10.0 Å². The van der Waals surface area contributed by atoms with Gasteiger partial charge in [0.1, 0.15) is 5.75 Å². The third-order valence-electron chi connectivity index (χ3n) is 2.74. The van der Waals surface area contributed by atoms with Gasteiger partial charge in [-0.1, -0.05) is 30.1 Å². The van der Waals surface area contributed by atoms with Crippen LogP contribution in [0.5, 0.6) is 11.5 Å². The van der Waals surface area contributed by atoms with Crippen molar-refractivity contribution in [3.63, 3.8) is 0 Å². The molecule has 0 aromatic heterocycles. The van der Waals surface area contributed by atoms with Gasteiger partial charge in [0.15, 0.2) is 17.4 Å². The van der Waals surface area contributed by atoms with E-state index in [4.69, 9.17) is 27.9 Å². The van der Waals surface area contributed by atoms with E-state index in [1.807, 2.05) is 6.92 Å². The normalized spacial score (nSPS) is 10.7. The molecular formula is C15H13Cl2F2NO. The van der Waals surface area contributed by atoms with Gasteiger partial charge in [-0.05, 0) is 36.4 Å². The lowest BCUT2D eigenvalue weighted by atomic mass is 10.2. The number of hydrogen-bond donors (Lipinski definition) is 1. The summed E-state index contributed by atoms with van der Waals surface area (Å²) in [7, 11) is 0. The van der Waals surface area contributed by atoms with Crippen molar-refractivity contribution < 1.29 is 13.5 Å². The molecule has 21 heavy (non-hydrogen) atoms. The number of hydrogen-bond acceptors (Lipinski definition) is 2. The Balaban J connectivity index is 2.30. The average Bonchev–Trinajstić information content (AvgIpc) is 2.44.